The highest BCUT2D eigenvalue weighted by Gasteiger charge is 2.36. The number of nitrogens with one attached hydrogen (secondary N) is 1. The van der Waals surface area contributed by atoms with Gasteiger partial charge in [0.15, 0.2) is 0 Å². The first-order valence-electron chi connectivity index (χ1n) is 8.29. The lowest BCUT2D eigenvalue weighted by molar-refractivity contribution is 0.152. The van der Waals surface area contributed by atoms with E-state index in [2.05, 4.69) is 55.3 Å². The van der Waals surface area contributed by atoms with E-state index in [4.69, 9.17) is 4.74 Å². The van der Waals surface area contributed by atoms with E-state index >= 15 is 0 Å². The summed E-state index contributed by atoms with van der Waals surface area (Å²) in [5.41, 5.74) is 2.90. The Hall–Kier alpha value is -1.06. The molecular formula is C18H30N2O. The van der Waals surface area contributed by atoms with Crippen molar-refractivity contribution in [1.29, 1.82) is 0 Å². The second-order valence-electron chi connectivity index (χ2n) is 6.33. The van der Waals surface area contributed by atoms with Crippen LogP contribution >= 0.6 is 0 Å². The van der Waals surface area contributed by atoms with Crippen LogP contribution in [0.2, 0.25) is 0 Å². The average Bonchev–Trinajstić information content (AvgIpc) is 2.95. The van der Waals surface area contributed by atoms with Crippen LogP contribution in [0.5, 0.6) is 0 Å². The highest BCUT2D eigenvalue weighted by molar-refractivity contribution is 5.47. The molecule has 118 valence electrons. The zero-order valence-corrected chi connectivity index (χ0v) is 13.8. The molecule has 1 saturated heterocycles. The molecule has 2 rings (SSSR count). The lowest BCUT2D eigenvalue weighted by Gasteiger charge is -2.35. The molecule has 0 radical (unpaired) electrons. The number of rotatable bonds is 8. The van der Waals surface area contributed by atoms with E-state index in [1.165, 1.54) is 17.7 Å². The fourth-order valence-electron chi connectivity index (χ4n) is 3.05. The topological polar surface area (TPSA) is 24.5 Å². The van der Waals surface area contributed by atoms with Gasteiger partial charge in [0.05, 0.1) is 6.61 Å². The average molecular weight is 290 g/mol. The van der Waals surface area contributed by atoms with Crippen LogP contribution in [0.25, 0.3) is 0 Å². The summed E-state index contributed by atoms with van der Waals surface area (Å²) in [6.45, 7) is 12.6. The Morgan fingerprint density at radius 2 is 2.00 bits per heavy atom. The van der Waals surface area contributed by atoms with E-state index in [-0.39, 0.29) is 5.41 Å². The molecule has 1 N–H and O–H groups in total. The smallest absolute Gasteiger partial charge is 0.0552 e. The summed E-state index contributed by atoms with van der Waals surface area (Å²) in [6.07, 6.45) is 2.35. The van der Waals surface area contributed by atoms with Crippen LogP contribution in [0.15, 0.2) is 24.3 Å². The molecule has 1 aromatic carbocycles. The standard InChI is InChI=1S/C18H30N2O/c1-4-11-19-13-18(10-12-21-15-18)14-20(5-2)17-8-6-16(3)7-9-17/h6-9,19H,4-5,10-15H2,1-3H3. The van der Waals surface area contributed by atoms with Gasteiger partial charge in [-0.25, -0.2) is 0 Å². The maximum Gasteiger partial charge on any atom is 0.0552 e. The molecule has 0 bridgehead atoms. The van der Waals surface area contributed by atoms with E-state index in [0.717, 1.165) is 45.8 Å². The third-order valence-corrected chi connectivity index (χ3v) is 4.42. The van der Waals surface area contributed by atoms with Crippen molar-refractivity contribution >= 4 is 5.69 Å². The number of benzene rings is 1. The molecule has 1 aliphatic rings. The Bertz CT molecular complexity index is 410. The van der Waals surface area contributed by atoms with Crippen molar-refractivity contribution < 1.29 is 4.74 Å². The van der Waals surface area contributed by atoms with Gasteiger partial charge in [-0.3, -0.25) is 0 Å². The molecule has 1 aromatic rings. The van der Waals surface area contributed by atoms with Gasteiger partial charge in [0.25, 0.3) is 0 Å². The predicted molar refractivity (Wildman–Crippen MR) is 90.1 cm³/mol. The fourth-order valence-corrected chi connectivity index (χ4v) is 3.05. The van der Waals surface area contributed by atoms with Crippen LogP contribution in [0.1, 0.15) is 32.3 Å². The van der Waals surface area contributed by atoms with Crippen LogP contribution in [0.4, 0.5) is 5.69 Å². The Kier molecular flexibility index (Phi) is 6.07. The minimum atomic E-state index is 0.260. The number of anilines is 1. The van der Waals surface area contributed by atoms with Gasteiger partial charge < -0.3 is 15.0 Å². The van der Waals surface area contributed by atoms with E-state index < -0.39 is 0 Å². The molecule has 1 fully saturated rings. The number of nitrogens with zero attached hydrogens (tertiary/aromatic N) is 1. The van der Waals surface area contributed by atoms with Gasteiger partial charge in [-0.05, 0) is 45.4 Å². The van der Waals surface area contributed by atoms with Gasteiger partial charge in [-0.1, -0.05) is 24.6 Å². The highest BCUT2D eigenvalue weighted by Crippen LogP contribution is 2.31. The molecule has 3 nitrogen and oxygen atoms in total. The predicted octanol–water partition coefficient (Wildman–Crippen LogP) is 3.23. The van der Waals surface area contributed by atoms with Crippen LogP contribution in [0.3, 0.4) is 0 Å². The third kappa shape index (κ3) is 4.45. The fraction of sp³-hybridized carbons (Fsp3) is 0.667. The number of ether oxygens (including phenoxy) is 1. The van der Waals surface area contributed by atoms with E-state index in [0.29, 0.717) is 0 Å². The van der Waals surface area contributed by atoms with E-state index in [1.807, 2.05) is 0 Å². The molecule has 0 saturated carbocycles. The normalized spacial score (nSPS) is 21.7. The summed E-state index contributed by atoms with van der Waals surface area (Å²) in [4.78, 5) is 2.49. The Labute approximate surface area is 129 Å². The lowest BCUT2D eigenvalue weighted by Crippen LogP contribution is -2.45. The second kappa shape index (κ2) is 7.81. The highest BCUT2D eigenvalue weighted by atomic mass is 16.5. The summed E-state index contributed by atoms with van der Waals surface area (Å²) in [6, 6.07) is 8.87. The van der Waals surface area contributed by atoms with Crippen LogP contribution in [-0.2, 0) is 4.74 Å². The quantitative estimate of drug-likeness (QED) is 0.744. The SMILES string of the molecule is CCCNCC1(CN(CC)c2ccc(C)cc2)CCOC1. The van der Waals surface area contributed by atoms with Gasteiger partial charge >= 0.3 is 0 Å². The van der Waals surface area contributed by atoms with Crippen LogP contribution in [-0.4, -0.2) is 39.4 Å². The van der Waals surface area contributed by atoms with Gasteiger partial charge in [-0.15, -0.1) is 0 Å². The minimum absolute atomic E-state index is 0.260. The van der Waals surface area contributed by atoms with Gasteiger partial charge in [0.1, 0.15) is 0 Å². The van der Waals surface area contributed by atoms with Crippen molar-refractivity contribution in [2.24, 2.45) is 5.41 Å². The molecule has 1 unspecified atom stereocenters. The lowest BCUT2D eigenvalue weighted by atomic mass is 9.86. The Morgan fingerprint density at radius 3 is 2.57 bits per heavy atom. The third-order valence-electron chi connectivity index (χ3n) is 4.42. The number of aryl methyl sites for hydroxylation is 1. The van der Waals surface area contributed by atoms with Crippen LogP contribution < -0.4 is 10.2 Å². The molecule has 0 aliphatic carbocycles. The van der Waals surface area contributed by atoms with Crippen LogP contribution in [0, 0.1) is 12.3 Å². The van der Waals surface area contributed by atoms with Crippen molar-refractivity contribution in [3.05, 3.63) is 29.8 Å². The maximum absolute atomic E-state index is 5.72. The number of hydrogen-bond donors (Lipinski definition) is 1. The Balaban J connectivity index is 2.04. The summed E-state index contributed by atoms with van der Waals surface area (Å²) in [5, 5.41) is 3.60. The zero-order chi connectivity index (χ0) is 15.1. The first kappa shape index (κ1) is 16.3. The van der Waals surface area contributed by atoms with Crippen molar-refractivity contribution in [2.45, 2.75) is 33.6 Å². The summed E-state index contributed by atoms with van der Waals surface area (Å²) >= 11 is 0. The van der Waals surface area contributed by atoms with E-state index in [9.17, 15) is 0 Å². The maximum atomic E-state index is 5.72. The van der Waals surface area contributed by atoms with Gasteiger partial charge in [0, 0.05) is 37.3 Å². The number of hydrogen-bond acceptors (Lipinski definition) is 3. The molecule has 0 aromatic heterocycles. The largest absolute Gasteiger partial charge is 0.381 e. The zero-order valence-electron chi connectivity index (χ0n) is 13.8. The second-order valence-corrected chi connectivity index (χ2v) is 6.33. The monoisotopic (exact) mass is 290 g/mol. The molecule has 1 heterocycles. The summed E-state index contributed by atoms with van der Waals surface area (Å²) < 4.78 is 5.72. The Morgan fingerprint density at radius 1 is 1.24 bits per heavy atom. The van der Waals surface area contributed by atoms with Crippen molar-refractivity contribution in [3.63, 3.8) is 0 Å². The van der Waals surface area contributed by atoms with Gasteiger partial charge in [0.2, 0.25) is 0 Å². The summed E-state index contributed by atoms with van der Waals surface area (Å²) in [5.74, 6) is 0. The van der Waals surface area contributed by atoms with E-state index in [1.54, 1.807) is 0 Å². The molecule has 0 amide bonds. The minimum Gasteiger partial charge on any atom is -0.381 e. The van der Waals surface area contributed by atoms with Gasteiger partial charge in [-0.2, -0.15) is 0 Å². The summed E-state index contributed by atoms with van der Waals surface area (Å²) in [7, 11) is 0. The van der Waals surface area contributed by atoms with Crippen molar-refractivity contribution in [1.82, 2.24) is 5.32 Å². The molecular weight excluding hydrogens is 260 g/mol. The molecule has 0 spiro atoms. The van der Waals surface area contributed by atoms with Crippen molar-refractivity contribution in [3.8, 4) is 0 Å². The molecule has 3 heteroatoms. The first-order chi connectivity index (χ1) is 10.2. The van der Waals surface area contributed by atoms with Crippen molar-refractivity contribution in [2.75, 3.05) is 44.3 Å². The molecule has 21 heavy (non-hydrogen) atoms. The molecule has 1 aliphatic heterocycles. The first-order valence-corrected chi connectivity index (χ1v) is 8.29. The molecule has 1 atom stereocenters.